The number of H-pyrrole nitrogens is 1. The van der Waals surface area contributed by atoms with E-state index < -0.39 is 11.7 Å². The molecule has 0 unspecified atom stereocenters. The van der Waals surface area contributed by atoms with Crippen molar-refractivity contribution >= 4 is 40.0 Å². The van der Waals surface area contributed by atoms with Crippen LogP contribution in [0.15, 0.2) is 78.1 Å². The molecule has 0 aliphatic carbocycles. The van der Waals surface area contributed by atoms with Crippen molar-refractivity contribution in [3.8, 4) is 22.9 Å². The second kappa shape index (κ2) is 9.42. The predicted molar refractivity (Wildman–Crippen MR) is 135 cm³/mol. The molecular weight excluding hydrogens is 489 g/mol. The summed E-state index contributed by atoms with van der Waals surface area (Å²) in [5.74, 6) is 1.54. The first-order valence-electron chi connectivity index (χ1n) is 10.7. The molecule has 0 aliphatic rings. The van der Waals surface area contributed by atoms with Gasteiger partial charge in [-0.05, 0) is 42.0 Å². The third-order valence-electron chi connectivity index (χ3n) is 5.30. The molecule has 4 N–H and O–H groups in total. The van der Waals surface area contributed by atoms with Crippen molar-refractivity contribution in [3.63, 3.8) is 0 Å². The van der Waals surface area contributed by atoms with Crippen LogP contribution in [0, 0.1) is 0 Å². The number of halogens is 3. The summed E-state index contributed by atoms with van der Waals surface area (Å²) in [5, 5.41) is 5.12. The van der Waals surface area contributed by atoms with Crippen LogP contribution in [0.1, 0.15) is 5.56 Å². The molecule has 0 aliphatic heterocycles. The number of alkyl halides is 3. The van der Waals surface area contributed by atoms with E-state index in [1.807, 2.05) is 42.7 Å². The molecule has 11 heteroatoms. The molecule has 7 nitrogen and oxygen atoms in total. The van der Waals surface area contributed by atoms with Crippen LogP contribution in [-0.2, 0) is 6.18 Å². The number of ether oxygens (including phenoxy) is 1. The first-order valence-corrected chi connectivity index (χ1v) is 11.9. The fourth-order valence-corrected chi connectivity index (χ4v) is 4.08. The molecule has 0 amide bonds. The lowest BCUT2D eigenvalue weighted by atomic mass is 10.0. The van der Waals surface area contributed by atoms with E-state index in [1.54, 1.807) is 18.3 Å². The summed E-state index contributed by atoms with van der Waals surface area (Å²) >= 11 is 1.36. The van der Waals surface area contributed by atoms with Gasteiger partial charge >= 0.3 is 6.18 Å². The number of anilines is 3. The zero-order valence-corrected chi connectivity index (χ0v) is 19.6. The third kappa shape index (κ3) is 4.91. The van der Waals surface area contributed by atoms with Crippen molar-refractivity contribution < 1.29 is 17.9 Å². The molecule has 36 heavy (non-hydrogen) atoms. The normalized spacial score (nSPS) is 11.6. The fraction of sp³-hybridized carbons (Fsp3) is 0.0800. The standard InChI is InChI=1S/C25H19F3N6OS/c1-36-24-33-21(29)12-22(34-24)35-20-10-9-17(16-7-2-3-8-18(16)20)19-13-30-23(32-19)31-15-6-4-5-14(11-15)25(26,27)28/h2-13H,1H3,(H2,29,33,34)(H2,30,31,32). The molecule has 0 radical (unpaired) electrons. The van der Waals surface area contributed by atoms with Gasteiger partial charge in [-0.15, -0.1) is 0 Å². The van der Waals surface area contributed by atoms with Crippen LogP contribution in [-0.4, -0.2) is 26.2 Å². The number of rotatable bonds is 6. The number of benzene rings is 3. The van der Waals surface area contributed by atoms with Gasteiger partial charge in [0.25, 0.3) is 0 Å². The Bertz CT molecular complexity index is 1550. The van der Waals surface area contributed by atoms with Crippen molar-refractivity contribution in [3.05, 3.63) is 78.5 Å². The summed E-state index contributed by atoms with van der Waals surface area (Å²) in [6, 6.07) is 17.9. The number of nitrogen functional groups attached to an aromatic ring is 1. The number of imidazole rings is 1. The average molecular weight is 509 g/mol. The summed E-state index contributed by atoms with van der Waals surface area (Å²) in [5.41, 5.74) is 6.93. The van der Waals surface area contributed by atoms with Gasteiger partial charge < -0.3 is 20.8 Å². The van der Waals surface area contributed by atoms with Crippen LogP contribution >= 0.6 is 11.8 Å². The molecule has 0 spiro atoms. The number of nitrogens with two attached hydrogens (primary N) is 1. The van der Waals surface area contributed by atoms with Gasteiger partial charge in [-0.2, -0.15) is 18.2 Å². The Hall–Kier alpha value is -4.25. The number of nitrogens with one attached hydrogen (secondary N) is 2. The molecule has 0 saturated heterocycles. The molecule has 5 rings (SSSR count). The van der Waals surface area contributed by atoms with Gasteiger partial charge in [0.1, 0.15) is 11.6 Å². The molecule has 0 atom stereocenters. The molecule has 0 bridgehead atoms. The van der Waals surface area contributed by atoms with Gasteiger partial charge in [0.2, 0.25) is 11.8 Å². The van der Waals surface area contributed by atoms with Gasteiger partial charge in [0, 0.05) is 22.7 Å². The quantitative estimate of drug-likeness (QED) is 0.170. The number of hydrogen-bond donors (Lipinski definition) is 3. The van der Waals surface area contributed by atoms with Crippen LogP contribution in [0.5, 0.6) is 11.6 Å². The number of aromatic amines is 1. The van der Waals surface area contributed by atoms with Crippen LogP contribution < -0.4 is 15.8 Å². The second-order valence-electron chi connectivity index (χ2n) is 7.73. The highest BCUT2D eigenvalue weighted by molar-refractivity contribution is 7.98. The van der Waals surface area contributed by atoms with Crippen LogP contribution in [0.4, 0.5) is 30.6 Å². The number of nitrogens with zero attached hydrogens (tertiary/aromatic N) is 3. The lowest BCUT2D eigenvalue weighted by molar-refractivity contribution is -0.137. The van der Waals surface area contributed by atoms with E-state index in [9.17, 15) is 13.2 Å². The topological polar surface area (TPSA) is 102 Å². The summed E-state index contributed by atoms with van der Waals surface area (Å²) in [6.45, 7) is 0. The van der Waals surface area contributed by atoms with E-state index in [0.717, 1.165) is 28.5 Å². The van der Waals surface area contributed by atoms with Gasteiger partial charge in [-0.1, -0.05) is 42.1 Å². The maximum Gasteiger partial charge on any atom is 0.416 e. The van der Waals surface area contributed by atoms with Crippen LogP contribution in [0.25, 0.3) is 22.0 Å². The largest absolute Gasteiger partial charge is 0.438 e. The second-order valence-corrected chi connectivity index (χ2v) is 8.50. The highest BCUT2D eigenvalue weighted by atomic mass is 32.2. The predicted octanol–water partition coefficient (Wildman–Crippen LogP) is 6.88. The van der Waals surface area contributed by atoms with Crippen molar-refractivity contribution in [2.24, 2.45) is 0 Å². The van der Waals surface area contributed by atoms with Crippen molar-refractivity contribution in [1.82, 2.24) is 19.9 Å². The number of aromatic nitrogens is 4. The molecule has 3 aromatic carbocycles. The molecule has 182 valence electrons. The molecule has 0 fully saturated rings. The van der Waals surface area contributed by atoms with E-state index in [-0.39, 0.29) is 5.69 Å². The van der Waals surface area contributed by atoms with E-state index in [4.69, 9.17) is 10.5 Å². The first-order chi connectivity index (χ1) is 17.3. The fourth-order valence-electron chi connectivity index (χ4n) is 3.70. The molecular formula is C25H19F3N6OS. The number of hydrogen-bond acceptors (Lipinski definition) is 7. The van der Waals surface area contributed by atoms with Crippen LogP contribution in [0.2, 0.25) is 0 Å². The van der Waals surface area contributed by atoms with Crippen molar-refractivity contribution in [1.29, 1.82) is 0 Å². The Morgan fingerprint density at radius 2 is 1.78 bits per heavy atom. The van der Waals surface area contributed by atoms with Crippen molar-refractivity contribution in [2.75, 3.05) is 17.3 Å². The minimum atomic E-state index is -4.43. The highest BCUT2D eigenvalue weighted by Gasteiger charge is 2.30. The first kappa shape index (κ1) is 23.5. The molecule has 2 aromatic heterocycles. The Labute approximate surface area is 208 Å². The third-order valence-corrected chi connectivity index (χ3v) is 5.85. The van der Waals surface area contributed by atoms with Gasteiger partial charge in [0.15, 0.2) is 5.16 Å². The molecule has 2 heterocycles. The monoisotopic (exact) mass is 508 g/mol. The number of thioether (sulfide) groups is 1. The summed E-state index contributed by atoms with van der Waals surface area (Å²) < 4.78 is 45.2. The van der Waals surface area contributed by atoms with E-state index in [1.165, 1.54) is 17.8 Å². The maximum atomic E-state index is 13.0. The zero-order valence-electron chi connectivity index (χ0n) is 18.8. The maximum absolute atomic E-state index is 13.0. The summed E-state index contributed by atoms with van der Waals surface area (Å²) in [6.07, 6.45) is -0.958. The number of fused-ring (bicyclic) bond motifs is 1. The lowest BCUT2D eigenvalue weighted by Gasteiger charge is -2.12. The Balaban J connectivity index is 1.46. The van der Waals surface area contributed by atoms with E-state index >= 15 is 0 Å². The minimum Gasteiger partial charge on any atom is -0.438 e. The Morgan fingerprint density at radius 3 is 2.56 bits per heavy atom. The van der Waals surface area contributed by atoms with Gasteiger partial charge in [-0.3, -0.25) is 0 Å². The lowest BCUT2D eigenvalue weighted by Crippen LogP contribution is -2.05. The van der Waals surface area contributed by atoms with E-state index in [0.29, 0.717) is 34.2 Å². The smallest absolute Gasteiger partial charge is 0.416 e. The molecule has 5 aromatic rings. The average Bonchev–Trinajstić information content (AvgIpc) is 3.31. The summed E-state index contributed by atoms with van der Waals surface area (Å²) in [4.78, 5) is 15.9. The zero-order chi connectivity index (χ0) is 25.3. The molecule has 0 saturated carbocycles. The SMILES string of the molecule is CSc1nc(N)cc(Oc2ccc(-c3cnc(Nc4cccc(C(F)(F)F)c4)[nH]3)c3ccccc23)n1. The minimum absolute atomic E-state index is 0.271. The van der Waals surface area contributed by atoms with E-state index in [2.05, 4.69) is 25.3 Å². The Kier molecular flexibility index (Phi) is 6.15. The van der Waals surface area contributed by atoms with Crippen LogP contribution in [0.3, 0.4) is 0 Å². The Morgan fingerprint density at radius 1 is 0.972 bits per heavy atom. The van der Waals surface area contributed by atoms with Crippen molar-refractivity contribution in [2.45, 2.75) is 11.3 Å². The summed E-state index contributed by atoms with van der Waals surface area (Å²) in [7, 11) is 0. The van der Waals surface area contributed by atoms with Gasteiger partial charge in [-0.25, -0.2) is 9.97 Å². The highest BCUT2D eigenvalue weighted by Crippen LogP contribution is 2.37. The van der Waals surface area contributed by atoms with Gasteiger partial charge in [0.05, 0.1) is 17.5 Å².